The molecule has 1 aromatic rings. The number of halogens is 3. The fourth-order valence-corrected chi connectivity index (χ4v) is 1.16. The summed E-state index contributed by atoms with van der Waals surface area (Å²) in [5, 5.41) is 11.3. The Balaban J connectivity index is 2.45. The number of hydrogen-bond acceptors (Lipinski definition) is 5. The van der Waals surface area contributed by atoms with Crippen molar-refractivity contribution in [1.29, 1.82) is 0 Å². The standard InChI is InChI=1S/C10H12F3N3O3/c11-10(12,13)5-19-4-3-15-8-6(14)1-2-7(16-8)9(17)18/h1-2H,3-5,14H2,(H,15,16)(H,17,18). The van der Waals surface area contributed by atoms with Gasteiger partial charge in [0.05, 0.1) is 12.3 Å². The zero-order valence-corrected chi connectivity index (χ0v) is 9.70. The maximum absolute atomic E-state index is 11.8. The molecule has 0 atom stereocenters. The number of nitrogens with two attached hydrogens (primary N) is 1. The maximum Gasteiger partial charge on any atom is 0.411 e. The number of rotatable bonds is 6. The monoisotopic (exact) mass is 279 g/mol. The molecule has 0 fully saturated rings. The number of ether oxygens (including phenoxy) is 1. The molecule has 0 amide bonds. The summed E-state index contributed by atoms with van der Waals surface area (Å²) >= 11 is 0. The summed E-state index contributed by atoms with van der Waals surface area (Å²) in [6.45, 7) is -1.53. The van der Waals surface area contributed by atoms with Crippen LogP contribution in [-0.2, 0) is 4.74 Å². The van der Waals surface area contributed by atoms with Gasteiger partial charge in [-0.15, -0.1) is 0 Å². The fourth-order valence-electron chi connectivity index (χ4n) is 1.16. The van der Waals surface area contributed by atoms with Gasteiger partial charge in [-0.1, -0.05) is 0 Å². The van der Waals surface area contributed by atoms with E-state index in [2.05, 4.69) is 15.0 Å². The molecule has 19 heavy (non-hydrogen) atoms. The number of nitrogens with zero attached hydrogens (tertiary/aromatic N) is 1. The zero-order chi connectivity index (χ0) is 14.5. The summed E-state index contributed by atoms with van der Waals surface area (Å²) in [4.78, 5) is 14.4. The Morgan fingerprint density at radius 1 is 1.47 bits per heavy atom. The highest BCUT2D eigenvalue weighted by atomic mass is 19.4. The predicted octanol–water partition coefficient (Wildman–Crippen LogP) is 1.35. The first kappa shape index (κ1) is 15.0. The third kappa shape index (κ3) is 5.42. The lowest BCUT2D eigenvalue weighted by Crippen LogP contribution is -2.20. The third-order valence-corrected chi connectivity index (χ3v) is 1.95. The largest absolute Gasteiger partial charge is 0.477 e. The van der Waals surface area contributed by atoms with Gasteiger partial charge < -0.3 is 20.9 Å². The average Bonchev–Trinajstić information content (AvgIpc) is 2.29. The van der Waals surface area contributed by atoms with E-state index < -0.39 is 18.8 Å². The van der Waals surface area contributed by atoms with Crippen molar-refractivity contribution in [2.75, 3.05) is 30.8 Å². The number of carboxylic acid groups (broad SMARTS) is 1. The van der Waals surface area contributed by atoms with Gasteiger partial charge in [0.15, 0.2) is 5.69 Å². The number of nitrogens with one attached hydrogen (secondary N) is 1. The van der Waals surface area contributed by atoms with Crippen LogP contribution in [-0.4, -0.2) is 42.0 Å². The quantitative estimate of drug-likeness (QED) is 0.680. The van der Waals surface area contributed by atoms with Crippen molar-refractivity contribution < 1.29 is 27.8 Å². The Kier molecular flexibility index (Phi) is 4.93. The number of carboxylic acids is 1. The van der Waals surface area contributed by atoms with Crippen LogP contribution in [0.2, 0.25) is 0 Å². The second-order valence-electron chi connectivity index (χ2n) is 3.53. The van der Waals surface area contributed by atoms with Crippen LogP contribution in [0.15, 0.2) is 12.1 Å². The van der Waals surface area contributed by atoms with Crippen LogP contribution in [0.5, 0.6) is 0 Å². The third-order valence-electron chi connectivity index (χ3n) is 1.95. The molecule has 0 aliphatic heterocycles. The maximum atomic E-state index is 11.8. The summed E-state index contributed by atoms with van der Waals surface area (Å²) in [6.07, 6.45) is -4.37. The Hall–Kier alpha value is -2.03. The lowest BCUT2D eigenvalue weighted by molar-refractivity contribution is -0.172. The van der Waals surface area contributed by atoms with Crippen LogP contribution in [0, 0.1) is 0 Å². The van der Waals surface area contributed by atoms with Gasteiger partial charge in [0.2, 0.25) is 0 Å². The van der Waals surface area contributed by atoms with Gasteiger partial charge in [0.25, 0.3) is 0 Å². The van der Waals surface area contributed by atoms with E-state index in [1.807, 2.05) is 0 Å². The topological polar surface area (TPSA) is 97.5 Å². The molecule has 0 unspecified atom stereocenters. The highest BCUT2D eigenvalue weighted by Crippen LogP contribution is 2.16. The normalized spacial score (nSPS) is 11.3. The van der Waals surface area contributed by atoms with Crippen LogP contribution in [0.1, 0.15) is 10.5 Å². The van der Waals surface area contributed by atoms with Gasteiger partial charge >= 0.3 is 12.1 Å². The van der Waals surface area contributed by atoms with Gasteiger partial charge in [-0.05, 0) is 12.1 Å². The molecule has 0 saturated carbocycles. The van der Waals surface area contributed by atoms with E-state index in [1.54, 1.807) is 0 Å². The van der Waals surface area contributed by atoms with Crippen molar-refractivity contribution >= 4 is 17.5 Å². The molecular weight excluding hydrogens is 267 g/mol. The summed E-state index contributed by atoms with van der Waals surface area (Å²) in [5.41, 5.74) is 5.52. The molecule has 4 N–H and O–H groups in total. The van der Waals surface area contributed by atoms with Crippen LogP contribution < -0.4 is 11.1 Å². The Labute approximate surface area is 106 Å². The van der Waals surface area contributed by atoms with Crippen molar-refractivity contribution in [3.63, 3.8) is 0 Å². The molecule has 0 aliphatic rings. The van der Waals surface area contributed by atoms with Crippen LogP contribution in [0.4, 0.5) is 24.7 Å². The van der Waals surface area contributed by atoms with Gasteiger partial charge in [0, 0.05) is 6.54 Å². The van der Waals surface area contributed by atoms with E-state index in [4.69, 9.17) is 10.8 Å². The van der Waals surface area contributed by atoms with E-state index >= 15 is 0 Å². The van der Waals surface area contributed by atoms with E-state index in [0.29, 0.717) is 0 Å². The smallest absolute Gasteiger partial charge is 0.411 e. The van der Waals surface area contributed by atoms with E-state index in [1.165, 1.54) is 12.1 Å². The highest BCUT2D eigenvalue weighted by molar-refractivity contribution is 5.86. The summed E-state index contributed by atoms with van der Waals surface area (Å²) in [6, 6.07) is 2.57. The summed E-state index contributed by atoms with van der Waals surface area (Å²) in [7, 11) is 0. The van der Waals surface area contributed by atoms with Crippen LogP contribution >= 0.6 is 0 Å². The molecule has 0 saturated heterocycles. The molecule has 0 bridgehead atoms. The molecule has 106 valence electrons. The molecule has 1 aromatic heterocycles. The van der Waals surface area contributed by atoms with Gasteiger partial charge in [-0.3, -0.25) is 0 Å². The summed E-state index contributed by atoms with van der Waals surface area (Å²) < 4.78 is 39.7. The first-order valence-electron chi connectivity index (χ1n) is 5.18. The van der Waals surface area contributed by atoms with Crippen molar-refractivity contribution in [3.05, 3.63) is 17.8 Å². The number of anilines is 2. The number of pyridine rings is 1. The molecular formula is C10H12F3N3O3. The predicted molar refractivity (Wildman–Crippen MR) is 61.0 cm³/mol. The number of aromatic nitrogens is 1. The molecule has 1 rings (SSSR count). The van der Waals surface area contributed by atoms with Gasteiger partial charge in [-0.2, -0.15) is 13.2 Å². The minimum Gasteiger partial charge on any atom is -0.477 e. The lowest BCUT2D eigenvalue weighted by Gasteiger charge is -2.10. The molecule has 6 nitrogen and oxygen atoms in total. The first-order chi connectivity index (χ1) is 8.79. The molecule has 0 radical (unpaired) electrons. The van der Waals surface area contributed by atoms with Crippen molar-refractivity contribution in [1.82, 2.24) is 4.98 Å². The Morgan fingerprint density at radius 2 is 2.16 bits per heavy atom. The fraction of sp³-hybridized carbons (Fsp3) is 0.400. The first-order valence-corrected chi connectivity index (χ1v) is 5.18. The molecule has 0 aliphatic carbocycles. The lowest BCUT2D eigenvalue weighted by atomic mass is 10.3. The zero-order valence-electron chi connectivity index (χ0n) is 9.70. The minimum absolute atomic E-state index is 0.0242. The van der Waals surface area contributed by atoms with Crippen molar-refractivity contribution in [2.24, 2.45) is 0 Å². The second kappa shape index (κ2) is 6.23. The van der Waals surface area contributed by atoms with Crippen molar-refractivity contribution in [3.8, 4) is 0 Å². The number of aromatic carboxylic acids is 1. The number of nitrogen functional groups attached to an aromatic ring is 1. The molecule has 0 spiro atoms. The van der Waals surface area contributed by atoms with Crippen LogP contribution in [0.3, 0.4) is 0 Å². The van der Waals surface area contributed by atoms with Gasteiger partial charge in [0.1, 0.15) is 12.4 Å². The molecule has 9 heteroatoms. The number of hydrogen-bond donors (Lipinski definition) is 3. The average molecular weight is 279 g/mol. The van der Waals surface area contributed by atoms with E-state index in [0.717, 1.165) is 0 Å². The molecule has 1 heterocycles. The van der Waals surface area contributed by atoms with E-state index in [9.17, 15) is 18.0 Å². The van der Waals surface area contributed by atoms with E-state index in [-0.39, 0.29) is 30.4 Å². The Bertz CT molecular complexity index is 451. The Morgan fingerprint density at radius 3 is 2.74 bits per heavy atom. The highest BCUT2D eigenvalue weighted by Gasteiger charge is 2.27. The number of carbonyl (C=O) groups is 1. The molecule has 0 aromatic carbocycles. The minimum atomic E-state index is -4.37. The van der Waals surface area contributed by atoms with Crippen LogP contribution in [0.25, 0.3) is 0 Å². The summed E-state index contributed by atoms with van der Waals surface area (Å²) in [5.74, 6) is -1.13. The SMILES string of the molecule is Nc1ccc(C(=O)O)nc1NCCOCC(F)(F)F. The second-order valence-corrected chi connectivity index (χ2v) is 3.53. The van der Waals surface area contributed by atoms with Crippen molar-refractivity contribution in [2.45, 2.75) is 6.18 Å². The van der Waals surface area contributed by atoms with Gasteiger partial charge in [-0.25, -0.2) is 9.78 Å². The number of alkyl halides is 3.